The van der Waals surface area contributed by atoms with Crippen molar-refractivity contribution in [2.75, 3.05) is 38.7 Å². The van der Waals surface area contributed by atoms with E-state index < -0.39 is 6.17 Å². The van der Waals surface area contributed by atoms with E-state index in [4.69, 9.17) is 9.47 Å². The van der Waals surface area contributed by atoms with E-state index in [1.54, 1.807) is 16.1 Å². The fourth-order valence-corrected chi connectivity index (χ4v) is 4.43. The lowest BCUT2D eigenvalue weighted by atomic mass is 10.0. The van der Waals surface area contributed by atoms with Gasteiger partial charge in [0.05, 0.1) is 32.4 Å². The van der Waals surface area contributed by atoms with Gasteiger partial charge in [-0.05, 0) is 30.2 Å². The van der Waals surface area contributed by atoms with Crippen molar-refractivity contribution in [2.45, 2.75) is 24.7 Å². The summed E-state index contributed by atoms with van der Waals surface area (Å²) in [5.41, 5.74) is 3.34. The van der Waals surface area contributed by atoms with Crippen LogP contribution in [-0.2, 0) is 4.74 Å². The molecular formula is C21H23FN8O2. The smallest absolute Gasteiger partial charge is 0.244 e. The van der Waals surface area contributed by atoms with E-state index in [2.05, 4.69) is 30.4 Å². The first-order valence-electron chi connectivity index (χ1n) is 10.6. The van der Waals surface area contributed by atoms with Crippen LogP contribution < -0.4 is 10.1 Å². The number of rotatable bonds is 5. The first kappa shape index (κ1) is 19.4. The summed E-state index contributed by atoms with van der Waals surface area (Å²) in [6.07, 6.45) is 4.89. The molecule has 0 bridgehead atoms. The number of fused-ring (bicyclic) bond motifs is 2. The molecular weight excluding hydrogens is 415 g/mol. The number of methoxy groups -OCH3 is 1. The molecule has 166 valence electrons. The van der Waals surface area contributed by atoms with Gasteiger partial charge in [-0.25, -0.2) is 18.4 Å². The summed E-state index contributed by atoms with van der Waals surface area (Å²) in [5, 5.41) is 11.9. The van der Waals surface area contributed by atoms with E-state index in [9.17, 15) is 4.39 Å². The maximum Gasteiger partial charge on any atom is 0.244 e. The van der Waals surface area contributed by atoms with Crippen LogP contribution in [0, 0.1) is 0 Å². The van der Waals surface area contributed by atoms with Crippen molar-refractivity contribution in [3.8, 4) is 17.0 Å². The molecule has 0 aliphatic carbocycles. The second kappa shape index (κ2) is 7.68. The minimum absolute atomic E-state index is 0.345. The number of anilines is 1. The van der Waals surface area contributed by atoms with E-state index in [1.807, 2.05) is 30.6 Å². The SMILES string of the molecule is COc1nc(N[C@@H]2CCN(C3COC3)C[C@@H]2F)nn2ccc(-c3ccn4ncnc4c3)c12. The third kappa shape index (κ3) is 3.24. The molecule has 6 rings (SSSR count). The molecule has 2 aliphatic heterocycles. The average molecular weight is 438 g/mol. The number of likely N-dealkylation sites (tertiary alicyclic amines) is 1. The van der Waals surface area contributed by atoms with Gasteiger partial charge in [0.15, 0.2) is 5.65 Å². The Morgan fingerprint density at radius 3 is 2.88 bits per heavy atom. The Balaban J connectivity index is 1.28. The second-order valence-corrected chi connectivity index (χ2v) is 8.19. The van der Waals surface area contributed by atoms with Crippen molar-refractivity contribution in [3.05, 3.63) is 36.9 Å². The lowest BCUT2D eigenvalue weighted by Crippen LogP contribution is -2.57. The molecule has 2 aliphatic rings. The van der Waals surface area contributed by atoms with Crippen molar-refractivity contribution in [1.29, 1.82) is 0 Å². The number of ether oxygens (including phenoxy) is 2. The van der Waals surface area contributed by atoms with E-state index in [1.165, 1.54) is 6.33 Å². The zero-order valence-electron chi connectivity index (χ0n) is 17.6. The maximum atomic E-state index is 14.9. The summed E-state index contributed by atoms with van der Waals surface area (Å²) >= 11 is 0. The van der Waals surface area contributed by atoms with Crippen molar-refractivity contribution in [2.24, 2.45) is 0 Å². The van der Waals surface area contributed by atoms with Crippen molar-refractivity contribution >= 4 is 17.1 Å². The monoisotopic (exact) mass is 438 g/mol. The highest BCUT2D eigenvalue weighted by Crippen LogP contribution is 2.32. The Bertz CT molecular complexity index is 1270. The van der Waals surface area contributed by atoms with Gasteiger partial charge in [0, 0.05) is 31.0 Å². The number of pyridine rings is 1. The molecule has 32 heavy (non-hydrogen) atoms. The summed E-state index contributed by atoms with van der Waals surface area (Å²) in [6, 6.07) is 5.85. The highest BCUT2D eigenvalue weighted by Gasteiger charge is 2.35. The van der Waals surface area contributed by atoms with Gasteiger partial charge in [-0.1, -0.05) is 0 Å². The molecule has 6 heterocycles. The molecule has 1 N–H and O–H groups in total. The molecule has 4 aromatic heterocycles. The lowest BCUT2D eigenvalue weighted by Gasteiger charge is -2.42. The van der Waals surface area contributed by atoms with Crippen LogP contribution in [0.4, 0.5) is 10.3 Å². The van der Waals surface area contributed by atoms with E-state index in [0.717, 1.165) is 28.8 Å². The quantitative estimate of drug-likeness (QED) is 0.503. The van der Waals surface area contributed by atoms with Gasteiger partial charge >= 0.3 is 0 Å². The van der Waals surface area contributed by atoms with Gasteiger partial charge < -0.3 is 14.8 Å². The van der Waals surface area contributed by atoms with Gasteiger partial charge in [-0.2, -0.15) is 10.1 Å². The van der Waals surface area contributed by atoms with Crippen molar-refractivity contribution < 1.29 is 13.9 Å². The fourth-order valence-electron chi connectivity index (χ4n) is 4.43. The average Bonchev–Trinajstić information content (AvgIpc) is 3.40. The summed E-state index contributed by atoms with van der Waals surface area (Å²) in [6.45, 7) is 2.61. The molecule has 11 heteroatoms. The van der Waals surface area contributed by atoms with Crippen LogP contribution in [0.3, 0.4) is 0 Å². The predicted molar refractivity (Wildman–Crippen MR) is 115 cm³/mol. The van der Waals surface area contributed by atoms with E-state index in [0.29, 0.717) is 44.0 Å². The number of nitrogens with one attached hydrogen (secondary N) is 1. The van der Waals surface area contributed by atoms with E-state index >= 15 is 0 Å². The topological polar surface area (TPSA) is 94.1 Å². The first-order valence-corrected chi connectivity index (χ1v) is 10.6. The van der Waals surface area contributed by atoms with Crippen molar-refractivity contribution in [1.82, 2.24) is 34.1 Å². The number of aromatic nitrogens is 6. The van der Waals surface area contributed by atoms with Crippen LogP contribution in [0.25, 0.3) is 22.3 Å². The molecule has 0 aromatic carbocycles. The van der Waals surface area contributed by atoms with E-state index in [-0.39, 0.29) is 6.04 Å². The summed E-state index contributed by atoms with van der Waals surface area (Å²) in [7, 11) is 1.57. The maximum absolute atomic E-state index is 14.9. The molecule has 2 atom stereocenters. The molecule has 4 aromatic rings. The molecule has 0 radical (unpaired) electrons. The van der Waals surface area contributed by atoms with Crippen LogP contribution in [0.2, 0.25) is 0 Å². The molecule has 2 fully saturated rings. The Morgan fingerprint density at radius 2 is 2.09 bits per heavy atom. The van der Waals surface area contributed by atoms with Crippen LogP contribution in [0.1, 0.15) is 6.42 Å². The Hall–Kier alpha value is -3.31. The summed E-state index contributed by atoms with van der Waals surface area (Å²) in [5.74, 6) is 0.765. The minimum atomic E-state index is -1.01. The number of piperidine rings is 1. The normalized spacial score (nSPS) is 22.3. The van der Waals surface area contributed by atoms with Gasteiger partial charge in [-0.3, -0.25) is 4.90 Å². The zero-order valence-corrected chi connectivity index (χ0v) is 17.6. The second-order valence-electron chi connectivity index (χ2n) is 8.19. The molecule has 2 saturated heterocycles. The van der Waals surface area contributed by atoms with Gasteiger partial charge in [0.2, 0.25) is 11.8 Å². The lowest BCUT2D eigenvalue weighted by molar-refractivity contribution is -0.0794. The first-order chi connectivity index (χ1) is 15.7. The van der Waals surface area contributed by atoms with Crippen LogP contribution in [0.5, 0.6) is 5.88 Å². The van der Waals surface area contributed by atoms with Crippen LogP contribution in [0.15, 0.2) is 36.9 Å². The molecule has 10 nitrogen and oxygen atoms in total. The molecule has 0 unspecified atom stereocenters. The Kier molecular flexibility index (Phi) is 4.65. The van der Waals surface area contributed by atoms with Gasteiger partial charge in [0.1, 0.15) is 18.0 Å². The highest BCUT2D eigenvalue weighted by molar-refractivity contribution is 5.85. The minimum Gasteiger partial charge on any atom is -0.479 e. The summed E-state index contributed by atoms with van der Waals surface area (Å²) < 4.78 is 29.1. The van der Waals surface area contributed by atoms with Gasteiger partial charge in [0.25, 0.3) is 0 Å². The number of hydrogen-bond donors (Lipinski definition) is 1. The van der Waals surface area contributed by atoms with Crippen molar-refractivity contribution in [3.63, 3.8) is 0 Å². The third-order valence-corrected chi connectivity index (χ3v) is 6.29. The molecule has 0 spiro atoms. The Morgan fingerprint density at radius 1 is 1.22 bits per heavy atom. The predicted octanol–water partition coefficient (Wildman–Crippen LogP) is 1.67. The molecule has 0 saturated carbocycles. The zero-order chi connectivity index (χ0) is 21.7. The standard InChI is InChI=1S/C21H23FN8O2/c1-31-20-19-15(13-2-6-29-18(8-13)23-12-24-29)3-7-30(19)27-21(26-20)25-17-4-5-28(9-16(17)22)14-10-32-11-14/h2-3,6-8,12,14,16-17H,4-5,9-11H2,1H3,(H,25,27)/t16-,17+/m0/s1. The van der Waals surface area contributed by atoms with Gasteiger partial charge in [-0.15, -0.1) is 5.10 Å². The fraction of sp³-hybridized carbons (Fsp3) is 0.429. The molecule has 0 amide bonds. The summed E-state index contributed by atoms with van der Waals surface area (Å²) in [4.78, 5) is 11.0. The number of alkyl halides is 1. The van der Waals surface area contributed by atoms with Crippen LogP contribution >= 0.6 is 0 Å². The van der Waals surface area contributed by atoms with Crippen LogP contribution in [-0.4, -0.2) is 85.8 Å². The number of hydrogen-bond acceptors (Lipinski definition) is 8. The highest BCUT2D eigenvalue weighted by atomic mass is 19.1. The Labute approximate surface area is 183 Å². The number of nitrogens with zero attached hydrogens (tertiary/aromatic N) is 7. The third-order valence-electron chi connectivity index (χ3n) is 6.29. The largest absolute Gasteiger partial charge is 0.479 e. The number of halogens is 1.